The number of ether oxygens (including phenoxy) is 1. The predicted octanol–water partition coefficient (Wildman–Crippen LogP) is 0.601. The molecule has 0 unspecified atom stereocenters. The predicted molar refractivity (Wildman–Crippen MR) is 66.2 cm³/mol. The van der Waals surface area contributed by atoms with E-state index in [0.717, 1.165) is 51.5 Å². The summed E-state index contributed by atoms with van der Waals surface area (Å²) in [7, 11) is 1.81. The van der Waals surface area contributed by atoms with Crippen molar-refractivity contribution in [1.82, 2.24) is 14.9 Å². The Hall–Kier alpha value is -1.07. The Kier molecular flexibility index (Phi) is 3.03. The zero-order valence-corrected chi connectivity index (χ0v) is 10.4. The van der Waals surface area contributed by atoms with Crippen molar-refractivity contribution in [2.45, 2.75) is 32.0 Å². The highest BCUT2D eigenvalue weighted by atomic mass is 16.5. The second-order valence-electron chi connectivity index (χ2n) is 4.80. The van der Waals surface area contributed by atoms with E-state index in [2.05, 4.69) is 19.8 Å². The molecule has 5 nitrogen and oxygen atoms in total. The van der Waals surface area contributed by atoms with E-state index in [1.165, 1.54) is 5.69 Å². The van der Waals surface area contributed by atoms with Crippen LogP contribution >= 0.6 is 0 Å². The minimum atomic E-state index is 0.434. The Morgan fingerprint density at radius 1 is 1.35 bits per heavy atom. The highest BCUT2D eigenvalue weighted by Crippen LogP contribution is 2.22. The molecular formula is C12H20N4O. The van der Waals surface area contributed by atoms with Crippen LogP contribution < -0.4 is 10.2 Å². The van der Waals surface area contributed by atoms with Crippen LogP contribution in [0, 0.1) is 0 Å². The fourth-order valence-corrected chi connectivity index (χ4v) is 2.74. The van der Waals surface area contributed by atoms with Crippen LogP contribution in [-0.2, 0) is 17.8 Å². The zero-order valence-electron chi connectivity index (χ0n) is 10.4. The van der Waals surface area contributed by atoms with Gasteiger partial charge in [-0.3, -0.25) is 0 Å². The van der Waals surface area contributed by atoms with Gasteiger partial charge in [0.05, 0.1) is 18.0 Å². The Morgan fingerprint density at radius 2 is 2.18 bits per heavy atom. The molecule has 3 rings (SSSR count). The molecule has 0 spiro atoms. The number of fused-ring (bicyclic) bond motifs is 1. The van der Waals surface area contributed by atoms with Gasteiger partial charge in [-0.25, -0.2) is 4.98 Å². The fraction of sp³-hybridized carbons (Fsp3) is 0.750. The van der Waals surface area contributed by atoms with Gasteiger partial charge in [0.1, 0.15) is 0 Å². The van der Waals surface area contributed by atoms with Gasteiger partial charge in [-0.1, -0.05) is 0 Å². The minimum absolute atomic E-state index is 0.434. The van der Waals surface area contributed by atoms with Crippen molar-refractivity contribution in [2.75, 3.05) is 31.6 Å². The van der Waals surface area contributed by atoms with Crippen molar-refractivity contribution in [3.05, 3.63) is 11.9 Å². The van der Waals surface area contributed by atoms with Gasteiger partial charge in [0.2, 0.25) is 5.95 Å². The number of aromatic nitrogens is 2. The van der Waals surface area contributed by atoms with Crippen molar-refractivity contribution in [3.63, 3.8) is 0 Å². The van der Waals surface area contributed by atoms with Crippen LogP contribution in [0.3, 0.4) is 0 Å². The van der Waals surface area contributed by atoms with E-state index in [1.54, 1.807) is 0 Å². The molecular weight excluding hydrogens is 216 g/mol. The first-order valence-electron chi connectivity index (χ1n) is 6.41. The summed E-state index contributed by atoms with van der Waals surface area (Å²) in [5, 5.41) is 3.37. The van der Waals surface area contributed by atoms with Crippen LogP contribution in [-0.4, -0.2) is 42.4 Å². The summed E-state index contributed by atoms with van der Waals surface area (Å²) in [5.41, 5.74) is 1.31. The molecule has 3 heterocycles. The van der Waals surface area contributed by atoms with Crippen LogP contribution in [0.5, 0.6) is 0 Å². The fourth-order valence-electron chi connectivity index (χ4n) is 2.74. The normalized spacial score (nSPS) is 21.6. The summed E-state index contributed by atoms with van der Waals surface area (Å²) in [6, 6.07) is 0. The van der Waals surface area contributed by atoms with E-state index in [0.29, 0.717) is 6.10 Å². The third-order valence-corrected chi connectivity index (χ3v) is 3.79. The molecule has 1 aromatic rings. The lowest BCUT2D eigenvalue weighted by Gasteiger charge is -2.33. The highest BCUT2D eigenvalue weighted by Gasteiger charge is 2.23. The van der Waals surface area contributed by atoms with Gasteiger partial charge in [-0.05, 0) is 12.8 Å². The lowest BCUT2D eigenvalue weighted by atomic mass is 10.1. The van der Waals surface area contributed by atoms with Gasteiger partial charge in [-0.15, -0.1) is 0 Å². The molecule has 0 aliphatic carbocycles. The van der Waals surface area contributed by atoms with Crippen molar-refractivity contribution >= 4 is 5.95 Å². The zero-order chi connectivity index (χ0) is 11.7. The quantitative estimate of drug-likeness (QED) is 0.816. The number of methoxy groups -OCH3 is 1. The van der Waals surface area contributed by atoms with Crippen molar-refractivity contribution < 1.29 is 4.74 Å². The third-order valence-electron chi connectivity index (χ3n) is 3.79. The Bertz CT molecular complexity index is 382. The topological polar surface area (TPSA) is 42.3 Å². The summed E-state index contributed by atoms with van der Waals surface area (Å²) in [4.78, 5) is 6.97. The smallest absolute Gasteiger partial charge is 0.205 e. The average Bonchev–Trinajstić information content (AvgIpc) is 2.83. The molecule has 0 bridgehead atoms. The van der Waals surface area contributed by atoms with E-state index in [9.17, 15) is 0 Å². The van der Waals surface area contributed by atoms with Crippen LogP contribution in [0.4, 0.5) is 5.95 Å². The maximum atomic E-state index is 5.41. The van der Waals surface area contributed by atoms with Gasteiger partial charge in [0.25, 0.3) is 0 Å². The summed E-state index contributed by atoms with van der Waals surface area (Å²) in [5.74, 6) is 1.15. The number of anilines is 1. The van der Waals surface area contributed by atoms with E-state index < -0.39 is 0 Å². The van der Waals surface area contributed by atoms with Gasteiger partial charge >= 0.3 is 0 Å². The summed E-state index contributed by atoms with van der Waals surface area (Å²) >= 11 is 0. The molecule has 1 saturated heterocycles. The number of hydrogen-bond donors (Lipinski definition) is 1. The average molecular weight is 236 g/mol. The Morgan fingerprint density at radius 3 is 2.94 bits per heavy atom. The lowest BCUT2D eigenvalue weighted by Crippen LogP contribution is -2.39. The van der Waals surface area contributed by atoms with Gasteiger partial charge < -0.3 is 19.5 Å². The first-order valence-corrected chi connectivity index (χ1v) is 6.41. The third kappa shape index (κ3) is 2.05. The molecule has 0 atom stereocenters. The van der Waals surface area contributed by atoms with Crippen molar-refractivity contribution in [3.8, 4) is 0 Å². The second kappa shape index (κ2) is 4.66. The molecule has 1 aromatic heterocycles. The van der Waals surface area contributed by atoms with Gasteiger partial charge in [0.15, 0.2) is 0 Å². The standard InChI is InChI=1S/C12H20N4O/c1-17-11-2-5-15(6-3-11)12-14-9-10-8-13-4-7-16(10)12/h9,11,13H,2-8H2,1H3. The van der Waals surface area contributed by atoms with Gasteiger partial charge in [0, 0.05) is 39.8 Å². The van der Waals surface area contributed by atoms with E-state index in [4.69, 9.17) is 4.74 Å². The number of rotatable bonds is 2. The van der Waals surface area contributed by atoms with E-state index in [-0.39, 0.29) is 0 Å². The van der Waals surface area contributed by atoms with Gasteiger partial charge in [-0.2, -0.15) is 0 Å². The first-order chi connectivity index (χ1) is 8.38. The lowest BCUT2D eigenvalue weighted by molar-refractivity contribution is 0.0815. The largest absolute Gasteiger partial charge is 0.381 e. The maximum absolute atomic E-state index is 5.41. The molecule has 17 heavy (non-hydrogen) atoms. The van der Waals surface area contributed by atoms with Crippen molar-refractivity contribution in [1.29, 1.82) is 0 Å². The summed E-state index contributed by atoms with van der Waals surface area (Å²) < 4.78 is 7.76. The summed E-state index contributed by atoms with van der Waals surface area (Å²) in [6.45, 7) is 5.14. The van der Waals surface area contributed by atoms with E-state index in [1.807, 2.05) is 13.3 Å². The second-order valence-corrected chi connectivity index (χ2v) is 4.80. The molecule has 0 aromatic carbocycles. The van der Waals surface area contributed by atoms with Crippen LogP contribution in [0.25, 0.3) is 0 Å². The van der Waals surface area contributed by atoms with Crippen LogP contribution in [0.1, 0.15) is 18.5 Å². The molecule has 1 fully saturated rings. The first kappa shape index (κ1) is 11.0. The number of nitrogens with one attached hydrogen (secondary N) is 1. The highest BCUT2D eigenvalue weighted by molar-refractivity contribution is 5.35. The molecule has 2 aliphatic heterocycles. The number of hydrogen-bond acceptors (Lipinski definition) is 4. The molecule has 94 valence electrons. The SMILES string of the molecule is COC1CCN(c2ncc3n2CCNC3)CC1. The Balaban J connectivity index is 1.74. The summed E-state index contributed by atoms with van der Waals surface area (Å²) in [6.07, 6.45) is 4.65. The molecule has 1 N–H and O–H groups in total. The van der Waals surface area contributed by atoms with E-state index >= 15 is 0 Å². The Labute approximate surface area is 102 Å². The number of piperidine rings is 1. The molecule has 0 radical (unpaired) electrons. The molecule has 5 heteroatoms. The van der Waals surface area contributed by atoms with Crippen LogP contribution in [0.2, 0.25) is 0 Å². The number of nitrogens with zero attached hydrogens (tertiary/aromatic N) is 3. The molecule has 0 amide bonds. The monoisotopic (exact) mass is 236 g/mol. The number of imidazole rings is 1. The molecule has 0 saturated carbocycles. The van der Waals surface area contributed by atoms with Crippen LogP contribution in [0.15, 0.2) is 6.20 Å². The molecule has 2 aliphatic rings. The minimum Gasteiger partial charge on any atom is -0.381 e. The maximum Gasteiger partial charge on any atom is 0.205 e. The van der Waals surface area contributed by atoms with Crippen molar-refractivity contribution in [2.24, 2.45) is 0 Å².